The van der Waals surface area contributed by atoms with E-state index in [0.29, 0.717) is 5.02 Å². The largest absolute Gasteiger partial charge is 0.422 e. The molecular formula is C11H13ClF2O2Si. The summed E-state index contributed by atoms with van der Waals surface area (Å²) in [6.45, 7) is 4.24. The Hall–Kier alpha value is -0.943. The van der Waals surface area contributed by atoms with Crippen LogP contribution >= 0.6 is 11.6 Å². The van der Waals surface area contributed by atoms with Crippen molar-refractivity contribution in [1.29, 1.82) is 0 Å². The topological polar surface area (TPSA) is 26.3 Å². The number of ether oxygens (including phenoxy) is 1. The molecule has 0 N–H and O–H groups in total. The van der Waals surface area contributed by atoms with Gasteiger partial charge in [-0.15, -0.1) is 0 Å². The molecule has 6 heteroatoms. The maximum absolute atomic E-state index is 13.7. The van der Waals surface area contributed by atoms with Crippen molar-refractivity contribution in [2.75, 3.05) is 0 Å². The molecule has 0 atom stereocenters. The van der Waals surface area contributed by atoms with Crippen molar-refractivity contribution in [3.8, 4) is 5.75 Å². The van der Waals surface area contributed by atoms with E-state index in [9.17, 15) is 13.6 Å². The molecule has 1 aromatic rings. The zero-order valence-corrected chi connectivity index (χ0v) is 11.5. The average Bonchev–Trinajstić information content (AvgIpc) is 2.19. The van der Waals surface area contributed by atoms with Gasteiger partial charge in [0, 0.05) is 5.02 Å². The number of esters is 1. The molecule has 0 aliphatic rings. The highest BCUT2D eigenvalue weighted by Gasteiger charge is 2.53. The molecule has 0 saturated heterocycles. The van der Waals surface area contributed by atoms with E-state index in [0.717, 1.165) is 0 Å². The van der Waals surface area contributed by atoms with Crippen LogP contribution in [0.4, 0.5) is 8.78 Å². The SMILES string of the molecule is C[Si](C)(C)C(F)(F)C(=O)Oc1ccc(Cl)cc1. The standard InChI is InChI=1S/C11H13ClF2O2Si/c1-17(2,3)11(13,14)10(15)16-9-6-4-8(12)5-7-9/h4-7H,1-3H3. The van der Waals surface area contributed by atoms with Gasteiger partial charge >= 0.3 is 11.5 Å². The Bertz CT molecular complexity index is 412. The molecular weight excluding hydrogens is 266 g/mol. The van der Waals surface area contributed by atoms with E-state index in [4.69, 9.17) is 11.6 Å². The molecule has 0 spiro atoms. The molecule has 0 unspecified atom stereocenters. The second kappa shape index (κ2) is 4.74. The third-order valence-electron chi connectivity index (χ3n) is 2.22. The number of alkyl halides is 2. The Morgan fingerprint density at radius 3 is 2.12 bits per heavy atom. The van der Waals surface area contributed by atoms with E-state index in [-0.39, 0.29) is 5.75 Å². The summed E-state index contributed by atoms with van der Waals surface area (Å²) in [6, 6.07) is 5.69. The highest BCUT2D eigenvalue weighted by Crippen LogP contribution is 2.29. The Labute approximate surface area is 105 Å². The number of rotatable bonds is 3. The summed E-state index contributed by atoms with van der Waals surface area (Å²) < 4.78 is 31.9. The van der Waals surface area contributed by atoms with E-state index in [1.165, 1.54) is 43.9 Å². The number of hydrogen-bond acceptors (Lipinski definition) is 2. The lowest BCUT2D eigenvalue weighted by atomic mass is 10.3. The average molecular weight is 279 g/mol. The predicted molar refractivity (Wildman–Crippen MR) is 65.4 cm³/mol. The van der Waals surface area contributed by atoms with E-state index < -0.39 is 19.6 Å². The smallest absolute Gasteiger partial charge is 0.377 e. The predicted octanol–water partition coefficient (Wildman–Crippen LogP) is 3.76. The highest BCUT2D eigenvalue weighted by atomic mass is 35.5. The molecule has 1 aromatic carbocycles. The first-order chi connectivity index (χ1) is 7.64. The Morgan fingerprint density at radius 2 is 1.71 bits per heavy atom. The molecule has 0 saturated carbocycles. The first kappa shape index (κ1) is 14.1. The molecule has 0 aliphatic carbocycles. The Kier molecular flexibility index (Phi) is 3.94. The van der Waals surface area contributed by atoms with Crippen LogP contribution in [0.1, 0.15) is 0 Å². The van der Waals surface area contributed by atoms with Crippen molar-refractivity contribution in [2.45, 2.75) is 25.2 Å². The molecule has 17 heavy (non-hydrogen) atoms. The van der Waals surface area contributed by atoms with Crippen LogP contribution in [0.3, 0.4) is 0 Å². The zero-order valence-electron chi connectivity index (χ0n) is 9.76. The molecule has 0 heterocycles. The monoisotopic (exact) mass is 278 g/mol. The van der Waals surface area contributed by atoms with Gasteiger partial charge in [0.1, 0.15) is 13.8 Å². The normalized spacial score (nSPS) is 12.4. The van der Waals surface area contributed by atoms with Crippen LogP contribution in [0.5, 0.6) is 5.75 Å². The molecule has 1 rings (SSSR count). The molecule has 0 bridgehead atoms. The lowest BCUT2D eigenvalue weighted by Gasteiger charge is -2.25. The molecule has 2 nitrogen and oxygen atoms in total. The van der Waals surface area contributed by atoms with Crippen LogP contribution in [0, 0.1) is 0 Å². The fourth-order valence-electron chi connectivity index (χ4n) is 0.980. The number of benzene rings is 1. The zero-order chi connectivity index (χ0) is 13.3. The molecule has 0 aliphatic heterocycles. The summed E-state index contributed by atoms with van der Waals surface area (Å²) >= 11 is 5.63. The van der Waals surface area contributed by atoms with Gasteiger partial charge in [-0.1, -0.05) is 31.2 Å². The van der Waals surface area contributed by atoms with Crippen molar-refractivity contribution >= 4 is 25.6 Å². The summed E-state index contributed by atoms with van der Waals surface area (Å²) in [5.74, 6) is -1.43. The summed E-state index contributed by atoms with van der Waals surface area (Å²) in [4.78, 5) is 11.4. The summed E-state index contributed by atoms with van der Waals surface area (Å²) in [6.07, 6.45) is 0. The molecule has 94 valence electrons. The fourth-order valence-corrected chi connectivity index (χ4v) is 1.77. The fraction of sp³-hybridized carbons (Fsp3) is 0.364. The van der Waals surface area contributed by atoms with Gasteiger partial charge in [-0.3, -0.25) is 0 Å². The maximum atomic E-state index is 13.7. The van der Waals surface area contributed by atoms with Crippen LogP contribution in [-0.2, 0) is 4.79 Å². The van der Waals surface area contributed by atoms with Crippen molar-refractivity contribution in [3.05, 3.63) is 29.3 Å². The quantitative estimate of drug-likeness (QED) is 0.478. The van der Waals surface area contributed by atoms with E-state index in [1.807, 2.05) is 0 Å². The van der Waals surface area contributed by atoms with Crippen molar-refractivity contribution < 1.29 is 18.3 Å². The lowest BCUT2D eigenvalue weighted by molar-refractivity contribution is -0.152. The molecule has 0 aromatic heterocycles. The highest BCUT2D eigenvalue weighted by molar-refractivity contribution is 6.81. The number of halogens is 3. The molecule has 0 radical (unpaired) electrons. The minimum absolute atomic E-state index is 0.0670. The van der Waals surface area contributed by atoms with Gasteiger partial charge in [-0.05, 0) is 24.3 Å². The Balaban J connectivity index is 2.83. The summed E-state index contributed by atoms with van der Waals surface area (Å²) in [5.41, 5.74) is -3.41. The van der Waals surface area contributed by atoms with Crippen LogP contribution < -0.4 is 4.74 Å². The first-order valence-electron chi connectivity index (χ1n) is 5.00. The van der Waals surface area contributed by atoms with Gasteiger partial charge < -0.3 is 4.74 Å². The van der Waals surface area contributed by atoms with Crippen molar-refractivity contribution in [1.82, 2.24) is 0 Å². The van der Waals surface area contributed by atoms with Gasteiger partial charge in [0.2, 0.25) is 0 Å². The molecule has 0 amide bonds. The third kappa shape index (κ3) is 3.26. The van der Waals surface area contributed by atoms with E-state index >= 15 is 0 Å². The number of hydrogen-bond donors (Lipinski definition) is 0. The van der Waals surface area contributed by atoms with Crippen molar-refractivity contribution in [3.63, 3.8) is 0 Å². The van der Waals surface area contributed by atoms with Crippen LogP contribution in [0.15, 0.2) is 24.3 Å². The van der Waals surface area contributed by atoms with Gasteiger partial charge in [-0.2, -0.15) is 8.78 Å². The third-order valence-corrected chi connectivity index (χ3v) is 4.56. The lowest BCUT2D eigenvalue weighted by Crippen LogP contribution is -2.52. The molecule has 0 fully saturated rings. The van der Waals surface area contributed by atoms with E-state index in [2.05, 4.69) is 4.74 Å². The van der Waals surface area contributed by atoms with Gasteiger partial charge in [0.05, 0.1) is 0 Å². The number of carbonyl (C=O) groups excluding carboxylic acids is 1. The minimum atomic E-state index is -3.41. The Morgan fingerprint density at radius 1 is 1.24 bits per heavy atom. The van der Waals surface area contributed by atoms with E-state index in [1.54, 1.807) is 0 Å². The van der Waals surface area contributed by atoms with Gasteiger partial charge in [-0.25, -0.2) is 4.79 Å². The second-order valence-electron chi connectivity index (χ2n) is 4.67. The summed E-state index contributed by atoms with van der Waals surface area (Å²) in [7, 11) is -2.95. The van der Waals surface area contributed by atoms with Crippen molar-refractivity contribution in [2.24, 2.45) is 0 Å². The van der Waals surface area contributed by atoms with Crippen LogP contribution in [-0.4, -0.2) is 19.6 Å². The minimum Gasteiger partial charge on any atom is -0.422 e. The maximum Gasteiger partial charge on any atom is 0.377 e. The van der Waals surface area contributed by atoms with Gasteiger partial charge in [0.25, 0.3) is 0 Å². The second-order valence-corrected chi connectivity index (χ2v) is 10.2. The number of carbonyl (C=O) groups is 1. The first-order valence-corrected chi connectivity index (χ1v) is 8.88. The van der Waals surface area contributed by atoms with Crippen LogP contribution in [0.25, 0.3) is 0 Å². The summed E-state index contributed by atoms with van der Waals surface area (Å²) in [5, 5.41) is 0.446. The van der Waals surface area contributed by atoms with Gasteiger partial charge in [0.15, 0.2) is 0 Å². The van der Waals surface area contributed by atoms with Crippen LogP contribution in [0.2, 0.25) is 24.7 Å².